The van der Waals surface area contributed by atoms with Gasteiger partial charge in [-0.15, -0.1) is 0 Å². The van der Waals surface area contributed by atoms with Crippen molar-refractivity contribution in [2.45, 2.75) is 62.8 Å². The van der Waals surface area contributed by atoms with Crippen molar-refractivity contribution in [3.8, 4) is 0 Å². The number of sulfonamides is 1. The van der Waals surface area contributed by atoms with Gasteiger partial charge in [0.1, 0.15) is 0 Å². The lowest BCUT2D eigenvalue weighted by Crippen LogP contribution is -2.39. The normalized spacial score (nSPS) is 19.7. The van der Waals surface area contributed by atoms with Crippen LogP contribution in [0.3, 0.4) is 0 Å². The smallest absolute Gasteiger partial charge is 0.240 e. The number of benzene rings is 2. The van der Waals surface area contributed by atoms with Crippen LogP contribution in [-0.2, 0) is 14.8 Å². The zero-order chi connectivity index (χ0) is 20.9. The first kappa shape index (κ1) is 21.5. The summed E-state index contributed by atoms with van der Waals surface area (Å²) in [7, 11) is -3.60. The summed E-state index contributed by atoms with van der Waals surface area (Å²) >= 11 is 0. The van der Waals surface area contributed by atoms with Crippen molar-refractivity contribution in [1.82, 2.24) is 10.0 Å². The second-order valence-corrected chi connectivity index (χ2v) is 9.68. The summed E-state index contributed by atoms with van der Waals surface area (Å²) in [6.45, 7) is 3.80. The van der Waals surface area contributed by atoms with Crippen LogP contribution >= 0.6 is 0 Å². The van der Waals surface area contributed by atoms with E-state index in [1.807, 2.05) is 19.1 Å². The van der Waals surface area contributed by atoms with E-state index < -0.39 is 10.0 Å². The Morgan fingerprint density at radius 2 is 1.69 bits per heavy atom. The second-order valence-electron chi connectivity index (χ2n) is 7.94. The molecule has 0 aromatic heterocycles. The number of amides is 1. The van der Waals surface area contributed by atoms with E-state index in [1.54, 1.807) is 19.1 Å². The van der Waals surface area contributed by atoms with Gasteiger partial charge in [-0.2, -0.15) is 0 Å². The van der Waals surface area contributed by atoms with Crippen LogP contribution in [0.5, 0.6) is 0 Å². The number of carbonyl (C=O) groups is 1. The SMILES string of the molecule is Cc1ccc(S(=O)(=O)NCCC(=O)NC2CCC(c3ccccc3)CC2)c(C)c1. The molecule has 0 bridgehead atoms. The molecule has 6 heteroatoms. The van der Waals surface area contributed by atoms with Crippen molar-refractivity contribution in [2.24, 2.45) is 0 Å². The summed E-state index contributed by atoms with van der Waals surface area (Å²) in [6.07, 6.45) is 4.19. The summed E-state index contributed by atoms with van der Waals surface area (Å²) in [5.74, 6) is 0.463. The number of aryl methyl sites for hydroxylation is 2. The minimum atomic E-state index is -3.60. The van der Waals surface area contributed by atoms with Crippen LogP contribution in [0, 0.1) is 13.8 Å². The lowest BCUT2D eigenvalue weighted by molar-refractivity contribution is -0.121. The van der Waals surface area contributed by atoms with Gasteiger partial charge in [0.25, 0.3) is 0 Å². The highest BCUT2D eigenvalue weighted by Crippen LogP contribution is 2.32. The largest absolute Gasteiger partial charge is 0.353 e. The molecule has 1 fully saturated rings. The van der Waals surface area contributed by atoms with Crippen molar-refractivity contribution in [1.29, 1.82) is 0 Å². The average molecular weight is 415 g/mol. The molecule has 3 rings (SSSR count). The summed E-state index contributed by atoms with van der Waals surface area (Å²) in [5, 5.41) is 3.06. The molecule has 0 radical (unpaired) electrons. The number of carbonyl (C=O) groups excluding carboxylic acids is 1. The highest BCUT2D eigenvalue weighted by Gasteiger charge is 2.23. The Morgan fingerprint density at radius 1 is 1.00 bits per heavy atom. The maximum atomic E-state index is 12.5. The van der Waals surface area contributed by atoms with E-state index in [0.717, 1.165) is 31.2 Å². The number of hydrogen-bond acceptors (Lipinski definition) is 3. The van der Waals surface area contributed by atoms with Gasteiger partial charge in [-0.1, -0.05) is 48.0 Å². The molecule has 5 nitrogen and oxygen atoms in total. The molecule has 0 unspecified atom stereocenters. The van der Waals surface area contributed by atoms with Crippen LogP contribution < -0.4 is 10.0 Å². The Labute approximate surface area is 174 Å². The Bertz CT molecular complexity index is 934. The summed E-state index contributed by atoms with van der Waals surface area (Å²) in [4.78, 5) is 12.5. The molecule has 1 saturated carbocycles. The summed E-state index contributed by atoms with van der Waals surface area (Å²) in [5.41, 5.74) is 3.10. The van der Waals surface area contributed by atoms with E-state index in [4.69, 9.17) is 0 Å². The molecule has 2 N–H and O–H groups in total. The van der Waals surface area contributed by atoms with Gasteiger partial charge in [-0.05, 0) is 62.6 Å². The first-order chi connectivity index (χ1) is 13.8. The van der Waals surface area contributed by atoms with Gasteiger partial charge >= 0.3 is 0 Å². The predicted octanol–water partition coefficient (Wildman–Crippen LogP) is 3.81. The Kier molecular flexibility index (Phi) is 7.09. The first-order valence-corrected chi connectivity index (χ1v) is 11.7. The first-order valence-electron chi connectivity index (χ1n) is 10.3. The van der Waals surface area contributed by atoms with Crippen molar-refractivity contribution in [3.05, 3.63) is 65.2 Å². The molecule has 0 aliphatic heterocycles. The third-order valence-corrected chi connectivity index (χ3v) is 7.25. The molecule has 1 amide bonds. The average Bonchev–Trinajstić information content (AvgIpc) is 2.69. The molecule has 156 valence electrons. The van der Waals surface area contributed by atoms with Crippen molar-refractivity contribution < 1.29 is 13.2 Å². The topological polar surface area (TPSA) is 75.3 Å². The molecular weight excluding hydrogens is 384 g/mol. The Hall–Kier alpha value is -2.18. The van der Waals surface area contributed by atoms with Crippen molar-refractivity contribution in [2.75, 3.05) is 6.54 Å². The molecule has 29 heavy (non-hydrogen) atoms. The fourth-order valence-electron chi connectivity index (χ4n) is 4.07. The molecule has 2 aromatic rings. The zero-order valence-electron chi connectivity index (χ0n) is 17.1. The van der Waals surface area contributed by atoms with Crippen LogP contribution in [0.1, 0.15) is 54.7 Å². The molecule has 1 aliphatic carbocycles. The van der Waals surface area contributed by atoms with Gasteiger partial charge < -0.3 is 5.32 Å². The summed E-state index contributed by atoms with van der Waals surface area (Å²) in [6, 6.07) is 15.9. The van der Waals surface area contributed by atoms with Crippen molar-refractivity contribution in [3.63, 3.8) is 0 Å². The van der Waals surface area contributed by atoms with Gasteiger partial charge in [0.05, 0.1) is 4.90 Å². The molecule has 0 saturated heterocycles. The Balaban J connectivity index is 1.42. The van der Waals surface area contributed by atoms with E-state index in [-0.39, 0.29) is 29.8 Å². The minimum absolute atomic E-state index is 0.0981. The number of rotatable bonds is 7. The molecule has 0 atom stereocenters. The fourth-order valence-corrected chi connectivity index (χ4v) is 5.33. The minimum Gasteiger partial charge on any atom is -0.353 e. The van der Waals surface area contributed by atoms with Crippen LogP contribution in [-0.4, -0.2) is 26.9 Å². The standard InChI is InChI=1S/C23H30N2O3S/c1-17-8-13-22(18(2)16-17)29(27,28)24-15-14-23(26)25-21-11-9-20(10-12-21)19-6-4-3-5-7-19/h3-8,13,16,20-21,24H,9-12,14-15H2,1-2H3,(H,25,26). The monoisotopic (exact) mass is 414 g/mol. The fraction of sp³-hybridized carbons (Fsp3) is 0.435. The van der Waals surface area contributed by atoms with Gasteiger partial charge in [0, 0.05) is 19.0 Å². The van der Waals surface area contributed by atoms with Gasteiger partial charge in [-0.25, -0.2) is 13.1 Å². The van der Waals surface area contributed by atoms with Gasteiger partial charge in [0.15, 0.2) is 0 Å². The predicted molar refractivity (Wildman–Crippen MR) is 115 cm³/mol. The maximum absolute atomic E-state index is 12.5. The van der Waals surface area contributed by atoms with E-state index in [1.165, 1.54) is 5.56 Å². The third-order valence-electron chi connectivity index (χ3n) is 5.63. The summed E-state index contributed by atoms with van der Waals surface area (Å²) < 4.78 is 27.5. The molecular formula is C23H30N2O3S. The van der Waals surface area contributed by atoms with E-state index >= 15 is 0 Å². The van der Waals surface area contributed by atoms with Crippen LogP contribution in [0.2, 0.25) is 0 Å². The maximum Gasteiger partial charge on any atom is 0.240 e. The highest BCUT2D eigenvalue weighted by molar-refractivity contribution is 7.89. The Morgan fingerprint density at radius 3 is 2.34 bits per heavy atom. The van der Waals surface area contributed by atoms with E-state index in [2.05, 4.69) is 34.3 Å². The van der Waals surface area contributed by atoms with Crippen molar-refractivity contribution >= 4 is 15.9 Å². The van der Waals surface area contributed by atoms with Crippen LogP contribution in [0.25, 0.3) is 0 Å². The molecule has 0 spiro atoms. The number of hydrogen-bond donors (Lipinski definition) is 2. The molecule has 0 heterocycles. The third kappa shape index (κ3) is 5.90. The second kappa shape index (κ2) is 9.55. The highest BCUT2D eigenvalue weighted by atomic mass is 32.2. The van der Waals surface area contributed by atoms with E-state index in [9.17, 15) is 13.2 Å². The van der Waals surface area contributed by atoms with Gasteiger partial charge in [-0.3, -0.25) is 4.79 Å². The van der Waals surface area contributed by atoms with Crippen LogP contribution in [0.15, 0.2) is 53.4 Å². The van der Waals surface area contributed by atoms with E-state index in [0.29, 0.717) is 11.5 Å². The van der Waals surface area contributed by atoms with Gasteiger partial charge in [0.2, 0.25) is 15.9 Å². The lowest BCUT2D eigenvalue weighted by atomic mass is 9.82. The van der Waals surface area contributed by atoms with Crippen LogP contribution in [0.4, 0.5) is 0 Å². The zero-order valence-corrected chi connectivity index (χ0v) is 18.0. The quantitative estimate of drug-likeness (QED) is 0.723. The lowest BCUT2D eigenvalue weighted by Gasteiger charge is -2.29. The number of nitrogens with one attached hydrogen (secondary N) is 2. The molecule has 1 aliphatic rings. The molecule has 2 aromatic carbocycles.